The van der Waals surface area contributed by atoms with Crippen molar-refractivity contribution in [2.24, 2.45) is 0 Å². The Balaban J connectivity index is 0.000000616. The molecule has 17 heteroatoms. The van der Waals surface area contributed by atoms with Gasteiger partial charge in [-0.2, -0.15) is 13.2 Å². The third-order valence-corrected chi connectivity index (χ3v) is 5.89. The van der Waals surface area contributed by atoms with Crippen LogP contribution < -0.4 is 14.2 Å². The number of aliphatic carboxylic acids is 1. The number of carboxylic acid groups (broad SMARTS) is 1. The molecule has 1 saturated heterocycles. The highest BCUT2D eigenvalue weighted by Gasteiger charge is 2.45. The average molecular weight is 607 g/mol. The molecule has 2 aromatic carbocycles. The summed E-state index contributed by atoms with van der Waals surface area (Å²) < 4.78 is 59.3. The van der Waals surface area contributed by atoms with E-state index in [9.17, 15) is 48.9 Å². The molecular formula is C25H26F3O14+. The first-order valence-electron chi connectivity index (χ1n) is 11.7. The van der Waals surface area contributed by atoms with E-state index < -0.39 is 49.5 Å². The molecule has 0 amide bonds. The number of hydrogen-bond donors (Lipinski definition) is 8. The standard InChI is InChI=1S/C23H24O12.C2HF3O2/c1-31-14-3-9(4-15(32-2)18(14)27)22-16(7-11-12(26)5-10(25)6-13(11)33-22)34-23-21(30)20(29)19(28)17(8-24)35-23;3-2(4,5)1(6)7/h3-7,17,19-21,23-24,28-30H,8H2,1-2H3,(H2-,25,26,27);(H,6,7)/p+1/t17-,19+,20+,21-,23-;/m1./s1. The lowest BCUT2D eigenvalue weighted by atomic mass is 9.99. The molecule has 14 nitrogen and oxygen atoms in total. The number of hydrogen-bond acceptors (Lipinski definition) is 12. The van der Waals surface area contributed by atoms with Crippen LogP contribution in [0.5, 0.6) is 34.5 Å². The number of aliphatic hydroxyl groups is 4. The highest BCUT2D eigenvalue weighted by molar-refractivity contribution is 5.88. The molecular weight excluding hydrogens is 581 g/mol. The monoisotopic (exact) mass is 607 g/mol. The largest absolute Gasteiger partial charge is 0.507 e. The summed E-state index contributed by atoms with van der Waals surface area (Å²) in [7, 11) is 2.66. The van der Waals surface area contributed by atoms with Gasteiger partial charge in [0.1, 0.15) is 41.3 Å². The van der Waals surface area contributed by atoms with Gasteiger partial charge in [-0.3, -0.25) is 0 Å². The summed E-state index contributed by atoms with van der Waals surface area (Å²) in [6.07, 6.45) is -12.9. The van der Waals surface area contributed by atoms with Crippen LogP contribution in [0.25, 0.3) is 22.3 Å². The van der Waals surface area contributed by atoms with Gasteiger partial charge in [-0.15, -0.1) is 0 Å². The van der Waals surface area contributed by atoms with E-state index in [-0.39, 0.29) is 56.8 Å². The molecule has 0 bridgehead atoms. The Morgan fingerprint density at radius 3 is 2.00 bits per heavy atom. The Kier molecular flexibility index (Phi) is 9.75. The van der Waals surface area contributed by atoms with Crippen LogP contribution >= 0.6 is 0 Å². The average Bonchev–Trinajstić information content (AvgIpc) is 2.93. The summed E-state index contributed by atoms with van der Waals surface area (Å²) in [6.45, 7) is -0.661. The fourth-order valence-electron chi connectivity index (χ4n) is 3.79. The molecule has 1 aliphatic heterocycles. The third kappa shape index (κ3) is 6.77. The van der Waals surface area contributed by atoms with Gasteiger partial charge < -0.3 is 59.8 Å². The predicted molar refractivity (Wildman–Crippen MR) is 132 cm³/mol. The van der Waals surface area contributed by atoms with Gasteiger partial charge in [0.25, 0.3) is 0 Å². The Morgan fingerprint density at radius 1 is 0.929 bits per heavy atom. The molecule has 8 N–H and O–H groups in total. The van der Waals surface area contributed by atoms with Crippen molar-refractivity contribution in [3.8, 4) is 45.8 Å². The molecule has 0 unspecified atom stereocenters. The second-order valence-electron chi connectivity index (χ2n) is 8.66. The van der Waals surface area contributed by atoms with Crippen LogP contribution in [0.4, 0.5) is 13.2 Å². The Labute approximate surface area is 233 Å². The second kappa shape index (κ2) is 12.7. The van der Waals surface area contributed by atoms with Crippen LogP contribution in [0.1, 0.15) is 0 Å². The SMILES string of the molecule is COc1cc(-c2[o+]c3cc(O)cc(O)c3cc2O[C@@H]2O[C@H](CO)[C@H](O)[C@H](O)[C@H]2O)cc(OC)c1O.O=C(O)C(F)(F)F. The number of halogens is 3. The number of alkyl halides is 3. The first kappa shape index (κ1) is 32.2. The summed E-state index contributed by atoms with van der Waals surface area (Å²) in [5.41, 5.74) is 0.325. The molecule has 0 spiro atoms. The zero-order chi connectivity index (χ0) is 31.5. The van der Waals surface area contributed by atoms with Gasteiger partial charge in [0.05, 0.1) is 32.5 Å². The van der Waals surface area contributed by atoms with Gasteiger partial charge in [-0.05, 0) is 0 Å². The van der Waals surface area contributed by atoms with Crippen molar-refractivity contribution in [1.82, 2.24) is 0 Å². The fraction of sp³-hybridized carbons (Fsp3) is 0.360. The molecule has 230 valence electrons. The molecule has 0 radical (unpaired) electrons. The molecule has 3 aromatic rings. The Hall–Kier alpha value is -4.29. The quantitative estimate of drug-likeness (QED) is 0.185. The number of ether oxygens (including phenoxy) is 4. The zero-order valence-corrected chi connectivity index (χ0v) is 21.6. The minimum Gasteiger partial charge on any atom is -0.507 e. The summed E-state index contributed by atoms with van der Waals surface area (Å²) in [5.74, 6) is -3.69. The summed E-state index contributed by atoms with van der Waals surface area (Å²) in [6, 6.07) is 6.50. The molecule has 5 atom stereocenters. The van der Waals surface area contributed by atoms with Gasteiger partial charge >= 0.3 is 23.5 Å². The minimum atomic E-state index is -5.08. The van der Waals surface area contributed by atoms with Crippen molar-refractivity contribution < 1.29 is 82.2 Å². The van der Waals surface area contributed by atoms with Crippen molar-refractivity contribution in [1.29, 1.82) is 0 Å². The van der Waals surface area contributed by atoms with E-state index in [1.807, 2.05) is 0 Å². The van der Waals surface area contributed by atoms with Gasteiger partial charge in [0, 0.05) is 24.3 Å². The third-order valence-electron chi connectivity index (χ3n) is 5.89. The predicted octanol–water partition coefficient (Wildman–Crippen LogP) is 1.33. The molecule has 1 aromatic heterocycles. The molecule has 42 heavy (non-hydrogen) atoms. The van der Waals surface area contributed by atoms with Gasteiger partial charge in [-0.25, -0.2) is 9.21 Å². The highest BCUT2D eigenvalue weighted by Crippen LogP contribution is 2.45. The number of benzene rings is 2. The second-order valence-corrected chi connectivity index (χ2v) is 8.66. The summed E-state index contributed by atoms with van der Waals surface area (Å²) >= 11 is 0. The van der Waals surface area contributed by atoms with Crippen molar-refractivity contribution in [2.75, 3.05) is 20.8 Å². The molecule has 1 aliphatic rings. The normalized spacial score (nSPS) is 22.2. The maximum Gasteiger partial charge on any atom is 0.490 e. The van der Waals surface area contributed by atoms with Crippen LogP contribution in [0, 0.1) is 0 Å². The lowest BCUT2D eigenvalue weighted by molar-refractivity contribution is -0.277. The van der Waals surface area contributed by atoms with Crippen LogP contribution in [0.15, 0.2) is 34.7 Å². The number of phenols is 3. The Bertz CT molecular complexity index is 1400. The summed E-state index contributed by atoms with van der Waals surface area (Å²) in [4.78, 5) is 8.90. The van der Waals surface area contributed by atoms with E-state index in [4.69, 9.17) is 33.3 Å². The number of phenolic OH excluding ortho intramolecular Hbond substituents is 3. The minimum absolute atomic E-state index is 0.0175. The summed E-state index contributed by atoms with van der Waals surface area (Å²) in [5, 5.41) is 77.8. The van der Waals surface area contributed by atoms with Crippen molar-refractivity contribution in [3.05, 3.63) is 30.3 Å². The number of carbonyl (C=O) groups is 1. The lowest BCUT2D eigenvalue weighted by Crippen LogP contribution is -2.60. The van der Waals surface area contributed by atoms with Gasteiger partial charge in [0.15, 0.2) is 11.5 Å². The van der Waals surface area contributed by atoms with Gasteiger partial charge in [-0.1, -0.05) is 0 Å². The first-order valence-corrected chi connectivity index (χ1v) is 11.7. The van der Waals surface area contributed by atoms with E-state index in [0.29, 0.717) is 0 Å². The topological polar surface area (TPSA) is 227 Å². The van der Waals surface area contributed by atoms with Crippen LogP contribution in [0.3, 0.4) is 0 Å². The molecule has 0 saturated carbocycles. The number of aromatic hydroxyl groups is 3. The smallest absolute Gasteiger partial charge is 0.490 e. The van der Waals surface area contributed by atoms with E-state index in [0.717, 1.165) is 6.07 Å². The van der Waals surface area contributed by atoms with Crippen molar-refractivity contribution >= 4 is 16.9 Å². The zero-order valence-electron chi connectivity index (χ0n) is 21.6. The number of aliphatic hydroxyl groups excluding tert-OH is 4. The maximum atomic E-state index is 10.6. The van der Waals surface area contributed by atoms with Crippen molar-refractivity contribution in [3.63, 3.8) is 0 Å². The molecule has 0 aliphatic carbocycles. The van der Waals surface area contributed by atoms with Crippen molar-refractivity contribution in [2.45, 2.75) is 36.9 Å². The fourth-order valence-corrected chi connectivity index (χ4v) is 3.79. The van der Waals surface area contributed by atoms with E-state index in [1.54, 1.807) is 0 Å². The van der Waals surface area contributed by atoms with Crippen LogP contribution in [-0.4, -0.2) is 105 Å². The molecule has 1 fully saturated rings. The highest BCUT2D eigenvalue weighted by atomic mass is 19.4. The number of carboxylic acids is 1. The maximum absolute atomic E-state index is 10.6. The molecule has 4 rings (SSSR count). The van der Waals surface area contributed by atoms with Crippen LogP contribution in [0.2, 0.25) is 0 Å². The first-order chi connectivity index (χ1) is 19.6. The lowest BCUT2D eigenvalue weighted by Gasteiger charge is -2.39. The number of rotatable bonds is 6. The van der Waals surface area contributed by atoms with Crippen LogP contribution in [-0.2, 0) is 9.53 Å². The van der Waals surface area contributed by atoms with Gasteiger partial charge in [0.2, 0.25) is 17.8 Å². The number of fused-ring (bicyclic) bond motifs is 1. The molecule has 2 heterocycles. The van der Waals surface area contributed by atoms with E-state index >= 15 is 0 Å². The Morgan fingerprint density at radius 2 is 1.50 bits per heavy atom. The van der Waals surface area contributed by atoms with E-state index in [2.05, 4.69) is 0 Å². The van der Waals surface area contributed by atoms with E-state index in [1.165, 1.54) is 38.5 Å². The number of methoxy groups -OCH3 is 2.